The first-order valence-electron chi connectivity index (χ1n) is 6.31. The minimum absolute atomic E-state index is 0.122. The third-order valence-corrected chi connectivity index (χ3v) is 2.37. The molecule has 0 spiro atoms. The maximum absolute atomic E-state index is 8.46. The zero-order valence-electron chi connectivity index (χ0n) is 10.1. The Kier molecular flexibility index (Phi) is 13.8. The monoisotopic (exact) mass is 217 g/mol. The van der Waals surface area contributed by atoms with Gasteiger partial charge in [0.25, 0.3) is 0 Å². The molecule has 0 aromatic carbocycles. The Morgan fingerprint density at radius 1 is 0.933 bits per heavy atom. The first-order chi connectivity index (χ1) is 7.41. The lowest BCUT2D eigenvalue weighted by molar-refractivity contribution is 0.0939. The molecule has 0 aliphatic carbocycles. The van der Waals surface area contributed by atoms with Gasteiger partial charge in [-0.05, 0) is 13.0 Å². The first kappa shape index (κ1) is 14.9. The lowest BCUT2D eigenvalue weighted by Gasteiger charge is -2.05. The third kappa shape index (κ3) is 13.9. The van der Waals surface area contributed by atoms with Crippen molar-refractivity contribution in [2.75, 3.05) is 32.9 Å². The largest absolute Gasteiger partial charge is 0.394 e. The predicted octanol–water partition coefficient (Wildman–Crippen LogP) is 1.95. The van der Waals surface area contributed by atoms with Gasteiger partial charge in [0.2, 0.25) is 0 Å². The highest BCUT2D eigenvalue weighted by Gasteiger charge is 1.90. The van der Waals surface area contributed by atoms with E-state index in [0.717, 1.165) is 13.1 Å². The maximum atomic E-state index is 8.46. The van der Waals surface area contributed by atoms with Crippen LogP contribution >= 0.6 is 0 Å². The van der Waals surface area contributed by atoms with Gasteiger partial charge in [0, 0.05) is 6.54 Å². The summed E-state index contributed by atoms with van der Waals surface area (Å²) in [6.45, 7) is 5.52. The summed E-state index contributed by atoms with van der Waals surface area (Å²) in [5.41, 5.74) is 0. The lowest BCUT2D eigenvalue weighted by Crippen LogP contribution is -2.21. The quantitative estimate of drug-likeness (QED) is 0.491. The fourth-order valence-electron chi connectivity index (χ4n) is 1.47. The van der Waals surface area contributed by atoms with Crippen molar-refractivity contribution in [1.82, 2.24) is 5.32 Å². The van der Waals surface area contributed by atoms with Crippen LogP contribution in [0.1, 0.15) is 45.4 Å². The summed E-state index contributed by atoms with van der Waals surface area (Å²) >= 11 is 0. The molecule has 0 saturated carbocycles. The molecule has 2 N–H and O–H groups in total. The normalized spacial score (nSPS) is 10.8. The highest BCUT2D eigenvalue weighted by atomic mass is 16.5. The van der Waals surface area contributed by atoms with E-state index in [2.05, 4.69) is 12.2 Å². The molecule has 0 rings (SSSR count). The molecule has 0 bridgehead atoms. The van der Waals surface area contributed by atoms with Gasteiger partial charge in [0.05, 0.1) is 19.8 Å². The maximum Gasteiger partial charge on any atom is 0.0698 e. The summed E-state index contributed by atoms with van der Waals surface area (Å²) in [5, 5.41) is 11.8. The fraction of sp³-hybridized carbons (Fsp3) is 1.00. The molecule has 3 nitrogen and oxygen atoms in total. The molecule has 0 heterocycles. The SMILES string of the molecule is CCCCCCCCNCCOCCO. The number of hydrogen-bond acceptors (Lipinski definition) is 3. The second-order valence-electron chi connectivity index (χ2n) is 3.85. The molecule has 0 aliphatic rings. The standard InChI is InChI=1S/C12H27NO2/c1-2-3-4-5-6-7-8-13-9-11-15-12-10-14/h13-14H,2-12H2,1H3. The number of nitrogens with one attached hydrogen (secondary N) is 1. The van der Waals surface area contributed by atoms with E-state index in [1.165, 1.54) is 38.5 Å². The molecule has 3 heteroatoms. The summed E-state index contributed by atoms with van der Waals surface area (Å²) in [7, 11) is 0. The predicted molar refractivity (Wildman–Crippen MR) is 64.2 cm³/mol. The zero-order valence-corrected chi connectivity index (χ0v) is 10.1. The van der Waals surface area contributed by atoms with Crippen LogP contribution in [0.4, 0.5) is 0 Å². The first-order valence-corrected chi connectivity index (χ1v) is 6.31. The van der Waals surface area contributed by atoms with Gasteiger partial charge >= 0.3 is 0 Å². The summed E-state index contributed by atoms with van der Waals surface area (Å²) in [5.74, 6) is 0. The van der Waals surface area contributed by atoms with E-state index < -0.39 is 0 Å². The molecule has 0 amide bonds. The van der Waals surface area contributed by atoms with Crippen LogP contribution in [0.3, 0.4) is 0 Å². The average Bonchev–Trinajstić information content (AvgIpc) is 2.26. The fourth-order valence-corrected chi connectivity index (χ4v) is 1.47. The number of aliphatic hydroxyl groups excluding tert-OH is 1. The van der Waals surface area contributed by atoms with Gasteiger partial charge in [-0.15, -0.1) is 0 Å². The number of hydrogen-bond donors (Lipinski definition) is 2. The van der Waals surface area contributed by atoms with Crippen LogP contribution in [-0.2, 0) is 4.74 Å². The van der Waals surface area contributed by atoms with E-state index in [4.69, 9.17) is 9.84 Å². The van der Waals surface area contributed by atoms with Crippen LogP contribution in [0, 0.1) is 0 Å². The zero-order chi connectivity index (χ0) is 11.2. The van der Waals surface area contributed by atoms with Crippen LogP contribution in [0.15, 0.2) is 0 Å². The van der Waals surface area contributed by atoms with Crippen molar-refractivity contribution < 1.29 is 9.84 Å². The van der Waals surface area contributed by atoms with E-state index in [1.807, 2.05) is 0 Å². The van der Waals surface area contributed by atoms with Crippen molar-refractivity contribution in [1.29, 1.82) is 0 Å². The highest BCUT2D eigenvalue weighted by Crippen LogP contribution is 2.03. The number of ether oxygens (including phenoxy) is 1. The highest BCUT2D eigenvalue weighted by molar-refractivity contribution is 4.49. The molecule has 0 aromatic rings. The Balaban J connectivity index is 2.81. The van der Waals surface area contributed by atoms with E-state index in [0.29, 0.717) is 13.2 Å². The van der Waals surface area contributed by atoms with Crippen LogP contribution in [0.2, 0.25) is 0 Å². The van der Waals surface area contributed by atoms with Crippen LogP contribution in [0.5, 0.6) is 0 Å². The van der Waals surface area contributed by atoms with Crippen molar-refractivity contribution in [2.45, 2.75) is 45.4 Å². The van der Waals surface area contributed by atoms with Crippen LogP contribution in [0.25, 0.3) is 0 Å². The third-order valence-electron chi connectivity index (χ3n) is 2.37. The molecule has 0 atom stereocenters. The number of rotatable bonds is 12. The van der Waals surface area contributed by atoms with Gasteiger partial charge in [-0.2, -0.15) is 0 Å². The van der Waals surface area contributed by atoms with Gasteiger partial charge in [-0.3, -0.25) is 0 Å². The molecule has 0 saturated heterocycles. The second kappa shape index (κ2) is 13.9. The molecular weight excluding hydrogens is 190 g/mol. The lowest BCUT2D eigenvalue weighted by atomic mass is 10.1. The van der Waals surface area contributed by atoms with Gasteiger partial charge in [-0.25, -0.2) is 0 Å². The Morgan fingerprint density at radius 3 is 2.40 bits per heavy atom. The number of aliphatic hydroxyl groups is 1. The molecule has 0 aliphatic heterocycles. The Bertz CT molecular complexity index is 97.8. The number of unbranched alkanes of at least 4 members (excludes halogenated alkanes) is 5. The molecule has 0 aromatic heterocycles. The summed E-state index contributed by atoms with van der Waals surface area (Å²) in [6, 6.07) is 0. The topological polar surface area (TPSA) is 41.5 Å². The molecule has 0 radical (unpaired) electrons. The van der Waals surface area contributed by atoms with E-state index >= 15 is 0 Å². The van der Waals surface area contributed by atoms with Crippen molar-refractivity contribution >= 4 is 0 Å². The smallest absolute Gasteiger partial charge is 0.0698 e. The average molecular weight is 217 g/mol. The second-order valence-corrected chi connectivity index (χ2v) is 3.85. The molecule has 0 unspecified atom stereocenters. The summed E-state index contributed by atoms with van der Waals surface area (Å²) < 4.78 is 5.13. The van der Waals surface area contributed by atoms with Crippen LogP contribution < -0.4 is 5.32 Å². The van der Waals surface area contributed by atoms with Crippen molar-refractivity contribution in [3.05, 3.63) is 0 Å². The van der Waals surface area contributed by atoms with E-state index in [1.54, 1.807) is 0 Å². The summed E-state index contributed by atoms with van der Waals surface area (Å²) in [6.07, 6.45) is 8.06. The summed E-state index contributed by atoms with van der Waals surface area (Å²) in [4.78, 5) is 0. The Morgan fingerprint density at radius 2 is 1.67 bits per heavy atom. The van der Waals surface area contributed by atoms with Gasteiger partial charge in [-0.1, -0.05) is 39.0 Å². The van der Waals surface area contributed by atoms with Crippen molar-refractivity contribution in [2.24, 2.45) is 0 Å². The molecule has 0 fully saturated rings. The Labute approximate surface area is 94.2 Å². The van der Waals surface area contributed by atoms with Crippen molar-refractivity contribution in [3.8, 4) is 0 Å². The van der Waals surface area contributed by atoms with Gasteiger partial charge in [0.15, 0.2) is 0 Å². The van der Waals surface area contributed by atoms with Gasteiger partial charge < -0.3 is 15.2 Å². The molecule has 92 valence electrons. The minimum atomic E-state index is 0.122. The van der Waals surface area contributed by atoms with Gasteiger partial charge in [0.1, 0.15) is 0 Å². The van der Waals surface area contributed by atoms with E-state index in [9.17, 15) is 0 Å². The van der Waals surface area contributed by atoms with E-state index in [-0.39, 0.29) is 6.61 Å². The van der Waals surface area contributed by atoms with Crippen molar-refractivity contribution in [3.63, 3.8) is 0 Å². The molecular formula is C12H27NO2. The molecule has 15 heavy (non-hydrogen) atoms. The Hall–Kier alpha value is -0.120. The minimum Gasteiger partial charge on any atom is -0.394 e. The van der Waals surface area contributed by atoms with Crippen LogP contribution in [-0.4, -0.2) is 38.0 Å².